The number of hydrogen-bond acceptors (Lipinski definition) is 2. The smallest absolute Gasteiger partial charge is 0.407 e. The van der Waals surface area contributed by atoms with Gasteiger partial charge in [-0.1, -0.05) is 34.8 Å². The highest BCUT2D eigenvalue weighted by molar-refractivity contribution is 6.67. The first-order chi connectivity index (χ1) is 5.60. The molecule has 0 fully saturated rings. The minimum absolute atomic E-state index is 0.264. The molecular formula is C7H12Cl3NO2. The lowest BCUT2D eigenvalue weighted by molar-refractivity contribution is 0.139. The Morgan fingerprint density at radius 1 is 1.31 bits per heavy atom. The first kappa shape index (κ1) is 13.1. The van der Waals surface area contributed by atoms with Gasteiger partial charge in [0.2, 0.25) is 3.79 Å². The molecule has 1 amide bonds. The molecular weight excluding hydrogens is 236 g/mol. The molecule has 0 spiro atoms. The van der Waals surface area contributed by atoms with Crippen molar-refractivity contribution in [1.82, 2.24) is 5.32 Å². The monoisotopic (exact) mass is 247 g/mol. The third kappa shape index (κ3) is 10.1. The zero-order chi connectivity index (χ0) is 10.7. The third-order valence-electron chi connectivity index (χ3n) is 0.844. The summed E-state index contributed by atoms with van der Waals surface area (Å²) in [6, 6.07) is 0. The quantitative estimate of drug-likeness (QED) is 0.725. The fourth-order valence-corrected chi connectivity index (χ4v) is 0.653. The second kappa shape index (κ2) is 4.58. The molecule has 0 radical (unpaired) electrons. The summed E-state index contributed by atoms with van der Waals surface area (Å²) in [4.78, 5) is 11.0. The minimum Gasteiger partial charge on any atom is -0.445 e. The van der Waals surface area contributed by atoms with Gasteiger partial charge in [-0.2, -0.15) is 0 Å². The van der Waals surface area contributed by atoms with Gasteiger partial charge in [-0.25, -0.2) is 4.79 Å². The molecule has 0 unspecified atom stereocenters. The van der Waals surface area contributed by atoms with Crippen molar-refractivity contribution in [1.29, 1.82) is 0 Å². The van der Waals surface area contributed by atoms with E-state index >= 15 is 0 Å². The maximum absolute atomic E-state index is 11.0. The number of rotatable bonds is 1. The molecule has 0 atom stereocenters. The van der Waals surface area contributed by atoms with Crippen LogP contribution in [-0.4, -0.2) is 22.0 Å². The Kier molecular flexibility index (Phi) is 4.63. The summed E-state index contributed by atoms with van der Waals surface area (Å²) in [5, 5.41) is 2.55. The first-order valence-electron chi connectivity index (χ1n) is 3.62. The van der Waals surface area contributed by atoms with Crippen molar-refractivity contribution in [3.05, 3.63) is 0 Å². The van der Waals surface area contributed by atoms with Crippen molar-refractivity contribution in [2.24, 2.45) is 0 Å². The van der Waals surface area contributed by atoms with Crippen molar-refractivity contribution in [2.75, 3.05) is 6.61 Å². The van der Waals surface area contributed by atoms with E-state index in [1.165, 1.54) is 0 Å². The maximum Gasteiger partial charge on any atom is 0.407 e. The molecule has 3 nitrogen and oxygen atoms in total. The molecule has 0 aliphatic carbocycles. The van der Waals surface area contributed by atoms with Gasteiger partial charge in [-0.15, -0.1) is 0 Å². The summed E-state index contributed by atoms with van der Waals surface area (Å²) in [5.41, 5.74) is -0.356. The molecule has 0 saturated heterocycles. The number of nitrogens with one attached hydrogen (secondary N) is 1. The van der Waals surface area contributed by atoms with E-state index in [2.05, 4.69) is 10.1 Å². The Balaban J connectivity index is 3.78. The van der Waals surface area contributed by atoms with Crippen molar-refractivity contribution in [3.63, 3.8) is 0 Å². The van der Waals surface area contributed by atoms with Crippen LogP contribution >= 0.6 is 34.8 Å². The van der Waals surface area contributed by atoms with E-state index < -0.39 is 9.89 Å². The average molecular weight is 249 g/mol. The largest absolute Gasteiger partial charge is 0.445 e. The number of halogens is 3. The van der Waals surface area contributed by atoms with Gasteiger partial charge < -0.3 is 10.1 Å². The average Bonchev–Trinajstić information content (AvgIpc) is 1.78. The number of hydrogen-bond donors (Lipinski definition) is 1. The Morgan fingerprint density at radius 3 is 2.08 bits per heavy atom. The molecule has 0 aromatic carbocycles. The van der Waals surface area contributed by atoms with E-state index in [0.717, 1.165) is 0 Å². The summed E-state index contributed by atoms with van der Waals surface area (Å²) in [6.45, 7) is 5.20. The summed E-state index contributed by atoms with van der Waals surface area (Å²) >= 11 is 16.1. The molecule has 0 rings (SSSR count). The van der Waals surface area contributed by atoms with Gasteiger partial charge in [-0.3, -0.25) is 0 Å². The van der Waals surface area contributed by atoms with Crippen LogP contribution in [0.5, 0.6) is 0 Å². The SMILES string of the molecule is CC(C)(C)NC(=O)OCC(Cl)(Cl)Cl. The van der Waals surface area contributed by atoms with Crippen molar-refractivity contribution in [2.45, 2.75) is 30.1 Å². The van der Waals surface area contributed by atoms with E-state index in [9.17, 15) is 4.79 Å². The number of amides is 1. The molecule has 13 heavy (non-hydrogen) atoms. The lowest BCUT2D eigenvalue weighted by atomic mass is 10.1. The predicted octanol–water partition coefficient (Wildman–Crippen LogP) is 2.88. The number of carbonyl (C=O) groups excluding carboxylic acids is 1. The van der Waals surface area contributed by atoms with E-state index in [0.29, 0.717) is 0 Å². The molecule has 1 N–H and O–H groups in total. The fourth-order valence-electron chi connectivity index (χ4n) is 0.490. The van der Waals surface area contributed by atoms with Crippen molar-refractivity contribution in [3.8, 4) is 0 Å². The van der Waals surface area contributed by atoms with Gasteiger partial charge in [0, 0.05) is 5.54 Å². The van der Waals surface area contributed by atoms with Gasteiger partial charge in [0.25, 0.3) is 0 Å². The van der Waals surface area contributed by atoms with E-state index in [-0.39, 0.29) is 12.1 Å². The number of alkyl halides is 3. The summed E-state index contributed by atoms with van der Waals surface area (Å²) in [7, 11) is 0. The number of carbonyl (C=O) groups is 1. The van der Waals surface area contributed by atoms with Gasteiger partial charge in [0.05, 0.1) is 0 Å². The van der Waals surface area contributed by atoms with Crippen molar-refractivity contribution < 1.29 is 9.53 Å². The topological polar surface area (TPSA) is 38.3 Å². The van der Waals surface area contributed by atoms with Crippen LogP contribution in [-0.2, 0) is 4.74 Å². The van der Waals surface area contributed by atoms with Crippen LogP contribution in [0.3, 0.4) is 0 Å². The molecule has 0 aromatic heterocycles. The van der Waals surface area contributed by atoms with Crippen LogP contribution in [0, 0.1) is 0 Å². The normalized spacial score (nSPS) is 12.5. The Hall–Kier alpha value is 0.140. The van der Waals surface area contributed by atoms with Gasteiger partial charge in [-0.05, 0) is 20.8 Å². The van der Waals surface area contributed by atoms with Crippen LogP contribution in [0.25, 0.3) is 0 Å². The molecule has 6 heteroatoms. The highest BCUT2D eigenvalue weighted by Gasteiger charge is 2.23. The third-order valence-corrected chi connectivity index (χ3v) is 1.17. The second-order valence-corrected chi connectivity index (χ2v) is 6.08. The fraction of sp³-hybridized carbons (Fsp3) is 0.857. The Bertz CT molecular complexity index is 183. The molecule has 0 saturated carbocycles. The van der Waals surface area contributed by atoms with Crippen LogP contribution in [0.1, 0.15) is 20.8 Å². The van der Waals surface area contributed by atoms with Crippen LogP contribution in [0.4, 0.5) is 4.79 Å². The van der Waals surface area contributed by atoms with Crippen LogP contribution in [0.2, 0.25) is 0 Å². The van der Waals surface area contributed by atoms with Gasteiger partial charge >= 0.3 is 6.09 Å². The Morgan fingerprint density at radius 2 is 1.77 bits per heavy atom. The maximum atomic E-state index is 11.0. The lowest BCUT2D eigenvalue weighted by Gasteiger charge is -2.20. The zero-order valence-electron chi connectivity index (χ0n) is 7.66. The standard InChI is InChI=1S/C7H12Cl3NO2/c1-6(2,3)11-5(12)13-4-7(8,9)10/h4H2,1-3H3,(H,11,12). The summed E-state index contributed by atoms with van der Waals surface area (Å²) < 4.78 is 3.08. The van der Waals surface area contributed by atoms with Crippen LogP contribution < -0.4 is 5.32 Å². The highest BCUT2D eigenvalue weighted by Crippen LogP contribution is 2.25. The van der Waals surface area contributed by atoms with E-state index in [1.54, 1.807) is 0 Å². The molecule has 0 bridgehead atoms. The molecule has 78 valence electrons. The summed E-state index contributed by atoms with van der Waals surface area (Å²) in [5.74, 6) is 0. The van der Waals surface area contributed by atoms with Gasteiger partial charge in [0.1, 0.15) is 6.61 Å². The first-order valence-corrected chi connectivity index (χ1v) is 4.75. The second-order valence-electron chi connectivity index (χ2n) is 3.57. The number of ether oxygens (including phenoxy) is 1. The van der Waals surface area contributed by atoms with Crippen molar-refractivity contribution >= 4 is 40.9 Å². The number of alkyl carbamates (subject to hydrolysis) is 1. The lowest BCUT2D eigenvalue weighted by Crippen LogP contribution is -2.41. The van der Waals surface area contributed by atoms with Gasteiger partial charge in [0.15, 0.2) is 0 Å². The highest BCUT2D eigenvalue weighted by atomic mass is 35.6. The zero-order valence-corrected chi connectivity index (χ0v) is 9.93. The summed E-state index contributed by atoms with van der Waals surface area (Å²) in [6.07, 6.45) is -0.598. The molecule has 0 aliphatic heterocycles. The Labute approximate surface area is 92.7 Å². The van der Waals surface area contributed by atoms with E-state index in [4.69, 9.17) is 34.8 Å². The minimum atomic E-state index is -1.56. The van der Waals surface area contributed by atoms with E-state index in [1.807, 2.05) is 20.8 Å². The molecule has 0 aliphatic rings. The predicted molar refractivity (Wildman–Crippen MR) is 54.5 cm³/mol. The molecule has 0 heterocycles. The van der Waals surface area contributed by atoms with Crippen LogP contribution in [0.15, 0.2) is 0 Å². The molecule has 0 aromatic rings.